The molecule has 0 aromatic heterocycles. The average Bonchev–Trinajstić information content (AvgIpc) is 3.41. The van der Waals surface area contributed by atoms with Gasteiger partial charge in [-0.25, -0.2) is 0 Å². The summed E-state index contributed by atoms with van der Waals surface area (Å²) in [6.45, 7) is 6.06. The van der Waals surface area contributed by atoms with Gasteiger partial charge in [-0.3, -0.25) is 4.79 Å². The lowest BCUT2D eigenvalue weighted by atomic mass is 9.92. The highest BCUT2D eigenvalue weighted by Crippen LogP contribution is 2.50. The van der Waals surface area contributed by atoms with E-state index in [9.17, 15) is 4.79 Å². The van der Waals surface area contributed by atoms with Gasteiger partial charge in [-0.05, 0) is 36.8 Å². The Kier molecular flexibility index (Phi) is 7.74. The smallest absolute Gasteiger partial charge is 0.149 e. The highest BCUT2D eigenvalue weighted by Gasteiger charge is 2.50. The van der Waals surface area contributed by atoms with E-state index in [0.29, 0.717) is 12.1 Å². The Morgan fingerprint density at radius 1 is 0.960 bits per heavy atom. The molecule has 0 amide bonds. The Bertz CT molecular complexity index is 554. The number of hydrogen-bond acceptors (Lipinski definition) is 2. The van der Waals surface area contributed by atoms with Crippen molar-refractivity contribution < 1.29 is 4.79 Å². The van der Waals surface area contributed by atoms with Crippen LogP contribution in [0.2, 0.25) is 0 Å². The molecular weight excluding hydrogens is 306 g/mol. The van der Waals surface area contributed by atoms with E-state index in [-0.39, 0.29) is 5.78 Å². The second-order valence-electron chi connectivity index (χ2n) is 7.75. The number of carbonyl (C=O) groups excluding carboxylic acids is 1. The number of unbranched alkanes of at least 4 members (excludes halogenated alkanes) is 7. The van der Waals surface area contributed by atoms with Gasteiger partial charge >= 0.3 is 0 Å². The molecule has 0 aliphatic heterocycles. The van der Waals surface area contributed by atoms with Crippen LogP contribution in [0.3, 0.4) is 0 Å². The molecule has 0 heterocycles. The molecule has 25 heavy (non-hydrogen) atoms. The van der Waals surface area contributed by atoms with Gasteiger partial charge in [0.1, 0.15) is 5.78 Å². The molecule has 0 radical (unpaired) electrons. The van der Waals surface area contributed by atoms with Gasteiger partial charge in [0, 0.05) is 12.1 Å². The van der Waals surface area contributed by atoms with Gasteiger partial charge in [0.2, 0.25) is 0 Å². The first kappa shape index (κ1) is 19.8. The highest BCUT2D eigenvalue weighted by atomic mass is 16.1. The Morgan fingerprint density at radius 3 is 2.00 bits per heavy atom. The molecule has 2 N–H and O–H groups in total. The van der Waals surface area contributed by atoms with Crippen LogP contribution in [0.15, 0.2) is 36.5 Å². The van der Waals surface area contributed by atoms with Crippen molar-refractivity contribution in [2.45, 2.75) is 84.0 Å². The number of nitrogens with two attached hydrogens (primary N) is 1. The summed E-state index contributed by atoms with van der Waals surface area (Å²) in [6, 6.07) is 8.57. The van der Waals surface area contributed by atoms with E-state index in [4.69, 9.17) is 5.73 Å². The second-order valence-corrected chi connectivity index (χ2v) is 7.75. The Labute approximate surface area is 153 Å². The fourth-order valence-corrected chi connectivity index (χ4v) is 3.55. The first-order valence-corrected chi connectivity index (χ1v) is 10.1. The quantitative estimate of drug-likeness (QED) is 0.465. The molecule has 1 aliphatic carbocycles. The number of carbonyl (C=O) groups is 1. The third-order valence-electron chi connectivity index (χ3n) is 5.61. The lowest BCUT2D eigenvalue weighted by molar-refractivity contribution is -0.122. The molecule has 2 nitrogen and oxygen atoms in total. The number of rotatable bonds is 13. The first-order valence-electron chi connectivity index (χ1n) is 10.1. The fourth-order valence-electron chi connectivity index (χ4n) is 3.55. The number of benzene rings is 1. The van der Waals surface area contributed by atoms with E-state index >= 15 is 0 Å². The third-order valence-corrected chi connectivity index (χ3v) is 5.61. The third kappa shape index (κ3) is 6.02. The Morgan fingerprint density at radius 2 is 1.48 bits per heavy atom. The van der Waals surface area contributed by atoms with Crippen molar-refractivity contribution in [3.8, 4) is 0 Å². The van der Waals surface area contributed by atoms with Crippen LogP contribution in [0.4, 0.5) is 0 Å². The van der Waals surface area contributed by atoms with Gasteiger partial charge in [0.05, 0.1) is 5.41 Å². The van der Waals surface area contributed by atoms with E-state index in [1.165, 1.54) is 56.9 Å². The van der Waals surface area contributed by atoms with Crippen LogP contribution < -0.4 is 5.73 Å². The molecule has 0 bridgehead atoms. The Hall–Kier alpha value is -1.57. The predicted octanol–water partition coefficient (Wildman–Crippen LogP) is 5.73. The average molecular weight is 342 g/mol. The molecule has 1 aliphatic rings. The van der Waals surface area contributed by atoms with E-state index in [2.05, 4.69) is 37.8 Å². The van der Waals surface area contributed by atoms with E-state index in [1.807, 2.05) is 0 Å². The first-order chi connectivity index (χ1) is 12.1. The SMILES string of the molecule is C=C(N)C1(C(=O)Cc2ccc(CCCCCCCCCC)cc2)CC1. The van der Waals surface area contributed by atoms with Crippen molar-refractivity contribution in [2.24, 2.45) is 11.1 Å². The van der Waals surface area contributed by atoms with Crippen LogP contribution in [0.25, 0.3) is 0 Å². The lowest BCUT2D eigenvalue weighted by Crippen LogP contribution is -2.24. The van der Waals surface area contributed by atoms with Crippen molar-refractivity contribution in [1.82, 2.24) is 0 Å². The van der Waals surface area contributed by atoms with Crippen LogP contribution >= 0.6 is 0 Å². The monoisotopic (exact) mass is 341 g/mol. The number of Topliss-reactive ketones (excluding diaryl/α,β-unsaturated/α-hetero) is 1. The molecule has 1 aromatic carbocycles. The van der Waals surface area contributed by atoms with Crippen LogP contribution in [0, 0.1) is 5.41 Å². The predicted molar refractivity (Wildman–Crippen MR) is 106 cm³/mol. The lowest BCUT2D eigenvalue weighted by Gasteiger charge is -2.13. The van der Waals surface area contributed by atoms with Gasteiger partial charge in [-0.2, -0.15) is 0 Å². The highest BCUT2D eigenvalue weighted by molar-refractivity contribution is 5.91. The van der Waals surface area contributed by atoms with Crippen molar-refractivity contribution >= 4 is 5.78 Å². The van der Waals surface area contributed by atoms with Crippen molar-refractivity contribution in [2.75, 3.05) is 0 Å². The largest absolute Gasteiger partial charge is 0.402 e. The summed E-state index contributed by atoms with van der Waals surface area (Å²) in [6.07, 6.45) is 14.2. The van der Waals surface area contributed by atoms with Gasteiger partial charge in [0.25, 0.3) is 0 Å². The number of ketones is 1. The molecule has 0 saturated heterocycles. The van der Waals surface area contributed by atoms with E-state index in [1.54, 1.807) is 0 Å². The standard InChI is InChI=1S/C23H35NO/c1-3-4-5-6-7-8-9-10-11-20-12-14-21(15-13-20)18-22(25)23(16-17-23)19(2)24/h12-15H,2-11,16-18,24H2,1H3. The fraction of sp³-hybridized carbons (Fsp3) is 0.609. The molecule has 0 spiro atoms. The summed E-state index contributed by atoms with van der Waals surface area (Å²) in [4.78, 5) is 12.4. The van der Waals surface area contributed by atoms with Crippen LogP contribution in [0.1, 0.15) is 82.3 Å². The summed E-state index contributed by atoms with van der Waals surface area (Å²) in [7, 11) is 0. The van der Waals surface area contributed by atoms with Gasteiger partial charge in [-0.15, -0.1) is 0 Å². The number of hydrogen-bond donors (Lipinski definition) is 1. The minimum atomic E-state index is -0.407. The summed E-state index contributed by atoms with van der Waals surface area (Å²) in [5.74, 6) is 0.232. The second kappa shape index (κ2) is 9.79. The van der Waals surface area contributed by atoms with Crippen molar-refractivity contribution in [3.05, 3.63) is 47.7 Å². The van der Waals surface area contributed by atoms with Crippen molar-refractivity contribution in [3.63, 3.8) is 0 Å². The molecule has 0 unspecified atom stereocenters. The molecule has 1 fully saturated rings. The maximum atomic E-state index is 12.4. The minimum Gasteiger partial charge on any atom is -0.402 e. The maximum Gasteiger partial charge on any atom is 0.149 e. The molecular formula is C23H35NO. The topological polar surface area (TPSA) is 43.1 Å². The number of aryl methyl sites for hydroxylation is 1. The van der Waals surface area contributed by atoms with Crippen LogP contribution in [-0.4, -0.2) is 5.78 Å². The minimum absolute atomic E-state index is 0.232. The normalized spacial score (nSPS) is 15.1. The number of allylic oxidation sites excluding steroid dienone is 1. The van der Waals surface area contributed by atoms with Crippen LogP contribution in [0.5, 0.6) is 0 Å². The van der Waals surface area contributed by atoms with Gasteiger partial charge in [-0.1, -0.05) is 82.7 Å². The van der Waals surface area contributed by atoms with Crippen LogP contribution in [-0.2, 0) is 17.6 Å². The molecule has 138 valence electrons. The summed E-state index contributed by atoms with van der Waals surface area (Å²) in [5.41, 5.74) is 8.42. The van der Waals surface area contributed by atoms with Gasteiger partial charge in [0.15, 0.2) is 0 Å². The Balaban J connectivity index is 1.65. The molecule has 1 saturated carbocycles. The zero-order chi connectivity index (χ0) is 18.1. The van der Waals surface area contributed by atoms with E-state index < -0.39 is 5.41 Å². The molecule has 0 atom stereocenters. The van der Waals surface area contributed by atoms with E-state index in [0.717, 1.165) is 24.8 Å². The zero-order valence-electron chi connectivity index (χ0n) is 16.0. The molecule has 1 aromatic rings. The summed E-state index contributed by atoms with van der Waals surface area (Å²) < 4.78 is 0. The molecule has 2 heteroatoms. The van der Waals surface area contributed by atoms with Gasteiger partial charge < -0.3 is 5.73 Å². The maximum absolute atomic E-state index is 12.4. The van der Waals surface area contributed by atoms with Crippen molar-refractivity contribution in [1.29, 1.82) is 0 Å². The summed E-state index contributed by atoms with van der Waals surface area (Å²) >= 11 is 0. The summed E-state index contributed by atoms with van der Waals surface area (Å²) in [5, 5.41) is 0. The molecule has 2 rings (SSSR count). The zero-order valence-corrected chi connectivity index (χ0v) is 16.0.